The molecular formula is C18H17F2N9O. The number of pyridine rings is 1. The van der Waals surface area contributed by atoms with E-state index in [2.05, 4.69) is 30.8 Å². The minimum atomic E-state index is -1.08. The maximum absolute atomic E-state index is 14.3. The molecule has 2 N–H and O–H groups in total. The zero-order valence-corrected chi connectivity index (χ0v) is 16.1. The van der Waals surface area contributed by atoms with Crippen molar-refractivity contribution >= 4 is 5.82 Å². The van der Waals surface area contributed by atoms with E-state index in [0.29, 0.717) is 23.4 Å². The van der Waals surface area contributed by atoms with E-state index in [9.17, 15) is 8.78 Å². The van der Waals surface area contributed by atoms with Crippen LogP contribution in [0.5, 0.6) is 0 Å². The van der Waals surface area contributed by atoms with Crippen molar-refractivity contribution in [1.82, 2.24) is 40.2 Å². The summed E-state index contributed by atoms with van der Waals surface area (Å²) < 4.78 is 35.8. The van der Waals surface area contributed by atoms with Crippen molar-refractivity contribution in [2.24, 2.45) is 0 Å². The van der Waals surface area contributed by atoms with Crippen LogP contribution in [0, 0.1) is 11.6 Å². The van der Waals surface area contributed by atoms with Crippen LogP contribution < -0.4 is 5.73 Å². The lowest BCUT2D eigenvalue weighted by atomic mass is 10.1. The number of nitrogens with zero attached hydrogens (tertiary/aromatic N) is 8. The fourth-order valence-electron chi connectivity index (χ4n) is 2.91. The van der Waals surface area contributed by atoms with Crippen molar-refractivity contribution < 1.29 is 13.5 Å². The number of aromatic nitrogens is 8. The Morgan fingerprint density at radius 3 is 2.83 bits per heavy atom. The van der Waals surface area contributed by atoms with Gasteiger partial charge < -0.3 is 10.5 Å². The standard InChI is InChI=1S/C18H17F2N9O/c1-10(9-30-2)28-8-14(23-26-28)11-6-12(17(21)22-7-11)18-24-25-27-29(18)15-5-3-4-13(19)16(15)20/h3-8,10H,9H2,1-2H3,(H2,21,22). The molecule has 1 unspecified atom stereocenters. The topological polar surface area (TPSA) is 122 Å². The SMILES string of the molecule is COCC(C)n1cc(-c2cnc(N)c(-c3nnnn3-c3cccc(F)c3F)c2)nn1. The lowest BCUT2D eigenvalue weighted by Crippen LogP contribution is -2.11. The predicted octanol–water partition coefficient (Wildman–Crippen LogP) is 2.05. The molecule has 0 aliphatic rings. The first-order valence-electron chi connectivity index (χ1n) is 8.89. The van der Waals surface area contributed by atoms with E-state index in [1.165, 1.54) is 18.3 Å². The highest BCUT2D eigenvalue weighted by molar-refractivity contribution is 5.75. The molecule has 0 saturated carbocycles. The van der Waals surface area contributed by atoms with Crippen LogP contribution in [-0.2, 0) is 4.74 Å². The Bertz CT molecular complexity index is 1190. The fraction of sp³-hybridized carbons (Fsp3) is 0.222. The Kier molecular flexibility index (Phi) is 5.14. The molecule has 4 aromatic rings. The highest BCUT2D eigenvalue weighted by Gasteiger charge is 2.20. The average Bonchev–Trinajstić information content (AvgIpc) is 3.41. The van der Waals surface area contributed by atoms with Crippen LogP contribution in [-0.4, -0.2) is 53.9 Å². The van der Waals surface area contributed by atoms with Gasteiger partial charge in [0, 0.05) is 18.9 Å². The second-order valence-corrected chi connectivity index (χ2v) is 6.53. The van der Waals surface area contributed by atoms with Crippen LogP contribution in [0.3, 0.4) is 0 Å². The van der Waals surface area contributed by atoms with Crippen LogP contribution >= 0.6 is 0 Å². The van der Waals surface area contributed by atoms with Gasteiger partial charge in [-0.05, 0) is 35.5 Å². The molecule has 0 bridgehead atoms. The molecule has 1 aromatic carbocycles. The Balaban J connectivity index is 1.76. The van der Waals surface area contributed by atoms with Crippen molar-refractivity contribution in [3.63, 3.8) is 0 Å². The second kappa shape index (κ2) is 7.91. The van der Waals surface area contributed by atoms with Crippen LogP contribution in [0.15, 0.2) is 36.7 Å². The summed E-state index contributed by atoms with van der Waals surface area (Å²) in [6.45, 7) is 2.41. The predicted molar refractivity (Wildman–Crippen MR) is 102 cm³/mol. The Morgan fingerprint density at radius 2 is 2.03 bits per heavy atom. The minimum absolute atomic E-state index is 0.0132. The molecule has 12 heteroatoms. The Labute approximate surface area is 169 Å². The molecule has 0 saturated heterocycles. The van der Waals surface area contributed by atoms with Gasteiger partial charge in [-0.25, -0.2) is 18.4 Å². The Hall–Kier alpha value is -3.80. The number of hydrogen-bond donors (Lipinski definition) is 1. The van der Waals surface area contributed by atoms with Crippen molar-refractivity contribution in [2.75, 3.05) is 19.5 Å². The molecular weight excluding hydrogens is 396 g/mol. The number of hydrogen-bond acceptors (Lipinski definition) is 8. The van der Waals surface area contributed by atoms with Gasteiger partial charge in [0.25, 0.3) is 0 Å². The first-order chi connectivity index (χ1) is 14.5. The smallest absolute Gasteiger partial charge is 0.190 e. The number of nitrogen functional groups attached to an aromatic ring is 1. The summed E-state index contributed by atoms with van der Waals surface area (Å²) in [5.74, 6) is -1.88. The second-order valence-electron chi connectivity index (χ2n) is 6.53. The van der Waals surface area contributed by atoms with Gasteiger partial charge in [-0.2, -0.15) is 4.68 Å². The summed E-state index contributed by atoms with van der Waals surface area (Å²) in [5.41, 5.74) is 7.35. The first kappa shape index (κ1) is 19.5. The van der Waals surface area contributed by atoms with Crippen LogP contribution in [0.2, 0.25) is 0 Å². The molecule has 0 radical (unpaired) electrons. The zero-order valence-electron chi connectivity index (χ0n) is 16.1. The number of anilines is 1. The van der Waals surface area contributed by atoms with E-state index in [0.717, 1.165) is 10.7 Å². The normalized spacial score (nSPS) is 12.3. The van der Waals surface area contributed by atoms with Crippen molar-refractivity contribution in [2.45, 2.75) is 13.0 Å². The maximum Gasteiger partial charge on any atom is 0.190 e. The van der Waals surface area contributed by atoms with E-state index in [1.807, 2.05) is 6.92 Å². The number of ether oxygens (including phenoxy) is 1. The number of methoxy groups -OCH3 is 1. The third kappa shape index (κ3) is 3.48. The molecule has 0 aliphatic heterocycles. The quantitative estimate of drug-likeness (QED) is 0.510. The molecule has 3 aromatic heterocycles. The van der Waals surface area contributed by atoms with Crippen LogP contribution in [0.1, 0.15) is 13.0 Å². The molecule has 3 heterocycles. The van der Waals surface area contributed by atoms with Gasteiger partial charge in [0.1, 0.15) is 17.2 Å². The minimum Gasteiger partial charge on any atom is -0.383 e. The summed E-state index contributed by atoms with van der Waals surface area (Å²) in [5, 5.41) is 19.5. The van der Waals surface area contributed by atoms with Gasteiger partial charge in [-0.15, -0.1) is 10.2 Å². The molecule has 0 fully saturated rings. The molecule has 4 rings (SSSR count). The Morgan fingerprint density at radius 1 is 1.20 bits per heavy atom. The number of rotatable bonds is 6. The number of halogens is 2. The van der Waals surface area contributed by atoms with E-state index < -0.39 is 11.6 Å². The summed E-state index contributed by atoms with van der Waals surface area (Å²) in [6.07, 6.45) is 3.28. The molecule has 0 aliphatic carbocycles. The van der Waals surface area contributed by atoms with Gasteiger partial charge in [-0.1, -0.05) is 11.3 Å². The lowest BCUT2D eigenvalue weighted by Gasteiger charge is -2.09. The molecule has 30 heavy (non-hydrogen) atoms. The number of benzene rings is 1. The van der Waals surface area contributed by atoms with E-state index >= 15 is 0 Å². The maximum atomic E-state index is 14.3. The van der Waals surface area contributed by atoms with Crippen molar-refractivity contribution in [3.8, 4) is 28.3 Å². The van der Waals surface area contributed by atoms with E-state index in [-0.39, 0.29) is 23.4 Å². The van der Waals surface area contributed by atoms with Gasteiger partial charge >= 0.3 is 0 Å². The van der Waals surface area contributed by atoms with Crippen LogP contribution in [0.25, 0.3) is 28.3 Å². The fourth-order valence-corrected chi connectivity index (χ4v) is 2.91. The summed E-state index contributed by atoms with van der Waals surface area (Å²) >= 11 is 0. The van der Waals surface area contributed by atoms with Crippen LogP contribution in [0.4, 0.5) is 14.6 Å². The van der Waals surface area contributed by atoms with Crippen molar-refractivity contribution in [3.05, 3.63) is 48.3 Å². The molecule has 1 atom stereocenters. The third-order valence-corrected chi connectivity index (χ3v) is 4.45. The zero-order chi connectivity index (χ0) is 21.3. The van der Waals surface area contributed by atoms with Crippen molar-refractivity contribution in [1.29, 1.82) is 0 Å². The monoisotopic (exact) mass is 413 g/mol. The molecule has 154 valence electrons. The number of nitrogens with two attached hydrogens (primary N) is 1. The molecule has 0 amide bonds. The summed E-state index contributed by atoms with van der Waals surface area (Å²) in [4.78, 5) is 4.18. The van der Waals surface area contributed by atoms with Gasteiger partial charge in [0.15, 0.2) is 17.5 Å². The highest BCUT2D eigenvalue weighted by Crippen LogP contribution is 2.29. The van der Waals surface area contributed by atoms with Gasteiger partial charge in [0.2, 0.25) is 0 Å². The average molecular weight is 413 g/mol. The molecule has 10 nitrogen and oxygen atoms in total. The molecule has 0 spiro atoms. The van der Waals surface area contributed by atoms with E-state index in [1.54, 1.807) is 24.1 Å². The largest absolute Gasteiger partial charge is 0.383 e. The summed E-state index contributed by atoms with van der Waals surface area (Å²) in [6, 6.07) is 5.37. The van der Waals surface area contributed by atoms with E-state index in [4.69, 9.17) is 10.5 Å². The van der Waals surface area contributed by atoms with Gasteiger partial charge in [0.05, 0.1) is 24.4 Å². The summed E-state index contributed by atoms with van der Waals surface area (Å²) in [7, 11) is 1.61. The third-order valence-electron chi connectivity index (χ3n) is 4.45. The lowest BCUT2D eigenvalue weighted by molar-refractivity contribution is 0.156. The first-order valence-corrected chi connectivity index (χ1v) is 8.89. The highest BCUT2D eigenvalue weighted by atomic mass is 19.2. The number of tetrazole rings is 1. The van der Waals surface area contributed by atoms with Gasteiger partial charge in [-0.3, -0.25) is 0 Å².